The van der Waals surface area contributed by atoms with Crippen molar-refractivity contribution >= 4 is 23.1 Å². The Morgan fingerprint density at radius 3 is 0.718 bits per heavy atom. The van der Waals surface area contributed by atoms with Gasteiger partial charge in [0.2, 0.25) is 11.6 Å². The standard InChI is InChI=1S/2C10H11F7O2.Cu/c2*1-7(2,3)5(18)4-6(19)8(11,12)9(13,14)10(15,16)17;/h2*4H2,1-3H3;. The van der Waals surface area contributed by atoms with E-state index in [-0.39, 0.29) is 17.1 Å². The first-order valence-corrected chi connectivity index (χ1v) is 9.88. The van der Waals surface area contributed by atoms with Gasteiger partial charge in [-0.15, -0.1) is 0 Å². The maximum atomic E-state index is 12.9. The van der Waals surface area contributed by atoms with Crippen LogP contribution in [0, 0.1) is 10.8 Å². The van der Waals surface area contributed by atoms with E-state index >= 15 is 0 Å². The Balaban J connectivity index is -0.000000648. The van der Waals surface area contributed by atoms with Crippen LogP contribution in [0.25, 0.3) is 0 Å². The number of alkyl halides is 14. The molecule has 0 aromatic heterocycles. The van der Waals surface area contributed by atoms with Crippen molar-refractivity contribution < 1.29 is 97.7 Å². The second kappa shape index (κ2) is 12.4. The van der Waals surface area contributed by atoms with Crippen molar-refractivity contribution in [3.63, 3.8) is 0 Å². The largest absolute Gasteiger partial charge is 0.460 e. The van der Waals surface area contributed by atoms with Gasteiger partial charge in [0.25, 0.3) is 0 Å². The molecule has 0 bridgehead atoms. The zero-order valence-corrected chi connectivity index (χ0v) is 21.6. The first-order valence-electron chi connectivity index (χ1n) is 9.88. The molecule has 0 aliphatic rings. The van der Waals surface area contributed by atoms with Crippen LogP contribution >= 0.6 is 0 Å². The zero-order valence-electron chi connectivity index (χ0n) is 20.6. The summed E-state index contributed by atoms with van der Waals surface area (Å²) in [7, 11) is 0. The maximum absolute atomic E-state index is 12.9. The van der Waals surface area contributed by atoms with Gasteiger partial charge in [-0.3, -0.25) is 19.2 Å². The predicted octanol–water partition coefficient (Wildman–Crippen LogP) is 6.78. The molecule has 0 saturated carbocycles. The molecule has 0 atom stereocenters. The molecule has 0 saturated heterocycles. The molecule has 0 rings (SSSR count). The number of ketones is 4. The average Bonchev–Trinajstić information content (AvgIpc) is 2.64. The van der Waals surface area contributed by atoms with Gasteiger partial charge in [0.05, 0.1) is 12.8 Å². The van der Waals surface area contributed by atoms with E-state index in [1.807, 2.05) is 0 Å². The molecule has 0 aromatic carbocycles. The number of carbonyl (C=O) groups is 4. The van der Waals surface area contributed by atoms with Crippen molar-refractivity contribution in [2.75, 3.05) is 0 Å². The van der Waals surface area contributed by atoms with Crippen LogP contribution in [0.4, 0.5) is 61.5 Å². The summed E-state index contributed by atoms with van der Waals surface area (Å²) in [5.74, 6) is -32.8. The molecule has 39 heavy (non-hydrogen) atoms. The summed E-state index contributed by atoms with van der Waals surface area (Å²) in [5.41, 5.74) is -2.61. The Morgan fingerprint density at radius 1 is 0.410 bits per heavy atom. The van der Waals surface area contributed by atoms with Gasteiger partial charge in [-0.25, -0.2) is 0 Å². The molecule has 235 valence electrons. The number of Topliss-reactive ketones (excluding diaryl/α,β-unsaturated/α-hetero) is 4. The number of hydrogen-bond acceptors (Lipinski definition) is 4. The molecule has 19 heteroatoms. The van der Waals surface area contributed by atoms with E-state index in [2.05, 4.69) is 0 Å². The monoisotopic (exact) mass is 655 g/mol. The Bertz CT molecular complexity index is 833. The number of carbonyl (C=O) groups excluding carboxylic acids is 4. The van der Waals surface area contributed by atoms with Crippen LogP contribution in [-0.4, -0.2) is 59.2 Å². The summed E-state index contributed by atoms with van der Waals surface area (Å²) in [6.07, 6.45) is -16.6. The third-order valence-electron chi connectivity index (χ3n) is 4.52. The van der Waals surface area contributed by atoms with E-state index in [1.54, 1.807) is 0 Å². The Labute approximate surface area is 222 Å². The van der Waals surface area contributed by atoms with Crippen molar-refractivity contribution in [3.8, 4) is 0 Å². The fourth-order valence-corrected chi connectivity index (χ4v) is 1.75. The number of halogens is 14. The van der Waals surface area contributed by atoms with E-state index in [1.165, 1.54) is 41.5 Å². The van der Waals surface area contributed by atoms with E-state index in [9.17, 15) is 80.6 Å². The Morgan fingerprint density at radius 2 is 0.590 bits per heavy atom. The molecule has 0 N–H and O–H groups in total. The molecule has 0 aliphatic carbocycles. The second-order valence-corrected chi connectivity index (χ2v) is 9.84. The van der Waals surface area contributed by atoms with Crippen molar-refractivity contribution in [3.05, 3.63) is 0 Å². The third kappa shape index (κ3) is 9.67. The van der Waals surface area contributed by atoms with Gasteiger partial charge in [0, 0.05) is 27.9 Å². The van der Waals surface area contributed by atoms with Gasteiger partial charge in [-0.2, -0.15) is 61.5 Å². The van der Waals surface area contributed by atoms with Crippen LogP contribution in [0.15, 0.2) is 0 Å². The molecule has 4 nitrogen and oxygen atoms in total. The van der Waals surface area contributed by atoms with E-state index < -0.39 is 82.8 Å². The van der Waals surface area contributed by atoms with Crippen molar-refractivity contribution in [2.24, 2.45) is 10.8 Å². The molecule has 0 fully saturated rings. The van der Waals surface area contributed by atoms with Crippen LogP contribution in [0.1, 0.15) is 54.4 Å². The van der Waals surface area contributed by atoms with Gasteiger partial charge in [-0.05, 0) is 0 Å². The summed E-state index contributed by atoms with van der Waals surface area (Å²) in [6, 6.07) is 0. The quantitative estimate of drug-likeness (QED) is 0.164. The molecular weight excluding hydrogens is 634 g/mol. The minimum Gasteiger partial charge on any atom is -0.299 e. The summed E-state index contributed by atoms with van der Waals surface area (Å²) in [4.78, 5) is 44.2. The van der Waals surface area contributed by atoms with Gasteiger partial charge in [0.1, 0.15) is 11.6 Å². The van der Waals surface area contributed by atoms with E-state index in [4.69, 9.17) is 0 Å². The van der Waals surface area contributed by atoms with Gasteiger partial charge < -0.3 is 0 Å². The normalized spacial score (nSPS) is 14.1. The van der Waals surface area contributed by atoms with Gasteiger partial charge in [0.15, 0.2) is 0 Å². The minimum absolute atomic E-state index is 0. The van der Waals surface area contributed by atoms with Crippen molar-refractivity contribution in [1.29, 1.82) is 0 Å². The van der Waals surface area contributed by atoms with Gasteiger partial charge >= 0.3 is 36.0 Å². The first-order chi connectivity index (χ1) is 16.1. The Hall–Kier alpha value is -1.78. The SMILES string of the molecule is CC(C)(C)C(=O)CC(=O)C(F)(F)C(F)(F)C(F)(F)F.CC(C)(C)C(=O)CC(=O)C(F)(F)C(F)(F)C(F)(F)F.[Cu]. The second-order valence-electron chi connectivity index (χ2n) is 9.84. The predicted molar refractivity (Wildman–Crippen MR) is 100 cm³/mol. The van der Waals surface area contributed by atoms with Crippen molar-refractivity contribution in [2.45, 2.75) is 90.4 Å². The molecular formula is C20H22CuF14O4. The van der Waals surface area contributed by atoms with Crippen LogP contribution in [0.2, 0.25) is 0 Å². The smallest absolute Gasteiger partial charge is 0.299 e. The molecule has 1 radical (unpaired) electrons. The number of rotatable bonds is 8. The molecule has 0 aliphatic heterocycles. The van der Waals surface area contributed by atoms with Gasteiger partial charge in [-0.1, -0.05) is 41.5 Å². The fraction of sp³-hybridized carbons (Fsp3) is 0.800. The molecule has 0 aromatic rings. The summed E-state index contributed by atoms with van der Waals surface area (Å²) in [6.45, 7) is 7.27. The molecule has 0 heterocycles. The Kier molecular flexibility index (Phi) is 13.2. The van der Waals surface area contributed by atoms with Crippen LogP contribution in [0.3, 0.4) is 0 Å². The molecule has 0 unspecified atom stereocenters. The topological polar surface area (TPSA) is 68.3 Å². The van der Waals surface area contributed by atoms with Crippen LogP contribution < -0.4 is 0 Å². The summed E-state index contributed by atoms with van der Waals surface area (Å²) < 4.78 is 172. The number of hydrogen-bond donors (Lipinski definition) is 0. The van der Waals surface area contributed by atoms with E-state index in [0.717, 1.165) is 0 Å². The maximum Gasteiger partial charge on any atom is 0.460 e. The fourth-order valence-electron chi connectivity index (χ4n) is 1.75. The molecule has 0 amide bonds. The molecule has 0 spiro atoms. The first kappa shape index (κ1) is 41.7. The van der Waals surface area contributed by atoms with Crippen LogP contribution in [-0.2, 0) is 36.2 Å². The summed E-state index contributed by atoms with van der Waals surface area (Å²) >= 11 is 0. The summed E-state index contributed by atoms with van der Waals surface area (Å²) in [5, 5.41) is 0. The average molecular weight is 656 g/mol. The van der Waals surface area contributed by atoms with E-state index in [0.29, 0.717) is 0 Å². The third-order valence-corrected chi connectivity index (χ3v) is 4.52. The van der Waals surface area contributed by atoms with Crippen molar-refractivity contribution in [1.82, 2.24) is 0 Å². The minimum atomic E-state index is -6.59. The zero-order chi connectivity index (χ0) is 31.7. The van der Waals surface area contributed by atoms with Crippen LogP contribution in [0.5, 0.6) is 0 Å².